The van der Waals surface area contributed by atoms with Crippen LogP contribution in [0.5, 0.6) is 11.5 Å². The van der Waals surface area contributed by atoms with E-state index in [0.717, 1.165) is 12.1 Å². The fourth-order valence-corrected chi connectivity index (χ4v) is 2.41. The maximum atomic E-state index is 12.7. The third-order valence-corrected chi connectivity index (χ3v) is 3.82. The van der Waals surface area contributed by atoms with Crippen molar-refractivity contribution in [1.29, 1.82) is 0 Å². The highest BCUT2D eigenvalue weighted by molar-refractivity contribution is 5.99. The molecule has 0 saturated carbocycles. The Morgan fingerprint density at radius 2 is 1.71 bits per heavy atom. The molecular weight excluding hydrogens is 415 g/mol. The number of nitrogens with one attached hydrogen (secondary N) is 3. The number of carbonyl (C=O) groups excluding carboxylic acids is 2. The lowest BCUT2D eigenvalue weighted by Crippen LogP contribution is -2.21. The molecule has 3 rings (SSSR count). The standard InChI is InChI=1S/C20H16F3N5O3/c1-24-18(29)15-11-14(9-10-25-15)31-13-7-5-12(6-8-13)26-19(30)28-17-4-2-3-16(27-17)20(21,22)23/h2-11H,1H3,(H,24,29)(H2,26,27,28,30). The Hall–Kier alpha value is -4.15. The molecular formula is C20H16F3N5O3. The van der Waals surface area contributed by atoms with Crippen molar-refractivity contribution in [2.45, 2.75) is 6.18 Å². The lowest BCUT2D eigenvalue weighted by atomic mass is 10.3. The van der Waals surface area contributed by atoms with Crippen LogP contribution in [-0.4, -0.2) is 29.0 Å². The van der Waals surface area contributed by atoms with Crippen LogP contribution < -0.4 is 20.7 Å². The molecule has 11 heteroatoms. The number of hydrogen-bond acceptors (Lipinski definition) is 5. The summed E-state index contributed by atoms with van der Waals surface area (Å²) in [5.41, 5.74) is -0.543. The minimum Gasteiger partial charge on any atom is -0.457 e. The molecule has 0 spiro atoms. The zero-order chi connectivity index (χ0) is 22.4. The first-order chi connectivity index (χ1) is 14.7. The molecule has 0 unspecified atom stereocenters. The van der Waals surface area contributed by atoms with E-state index in [9.17, 15) is 22.8 Å². The molecule has 0 bridgehead atoms. The smallest absolute Gasteiger partial charge is 0.433 e. The molecule has 0 aliphatic rings. The maximum Gasteiger partial charge on any atom is 0.433 e. The van der Waals surface area contributed by atoms with E-state index < -0.39 is 17.9 Å². The van der Waals surface area contributed by atoms with Crippen LogP contribution in [0.3, 0.4) is 0 Å². The SMILES string of the molecule is CNC(=O)c1cc(Oc2ccc(NC(=O)Nc3cccc(C(F)(F)F)n3)cc2)ccn1. The number of halogens is 3. The van der Waals surface area contributed by atoms with Gasteiger partial charge in [0.2, 0.25) is 0 Å². The first-order valence-electron chi connectivity index (χ1n) is 8.83. The van der Waals surface area contributed by atoms with Crippen molar-refractivity contribution in [3.8, 4) is 11.5 Å². The molecule has 3 amide bonds. The largest absolute Gasteiger partial charge is 0.457 e. The number of ether oxygens (including phenoxy) is 1. The predicted molar refractivity (Wildman–Crippen MR) is 106 cm³/mol. The molecule has 2 heterocycles. The minimum absolute atomic E-state index is 0.193. The Morgan fingerprint density at radius 3 is 2.39 bits per heavy atom. The average Bonchev–Trinajstić information content (AvgIpc) is 2.74. The number of carbonyl (C=O) groups is 2. The van der Waals surface area contributed by atoms with E-state index in [0.29, 0.717) is 17.2 Å². The second-order valence-electron chi connectivity index (χ2n) is 6.07. The number of alkyl halides is 3. The minimum atomic E-state index is -4.61. The fraction of sp³-hybridized carbons (Fsp3) is 0.100. The number of rotatable bonds is 5. The topological polar surface area (TPSA) is 105 Å². The van der Waals surface area contributed by atoms with Crippen LogP contribution in [0.4, 0.5) is 29.5 Å². The molecule has 3 N–H and O–H groups in total. The van der Waals surface area contributed by atoms with E-state index in [1.54, 1.807) is 18.2 Å². The summed E-state index contributed by atoms with van der Waals surface area (Å²) in [6.07, 6.45) is -3.18. The number of nitrogens with zero attached hydrogens (tertiary/aromatic N) is 2. The predicted octanol–water partition coefficient (Wildman–Crippen LogP) is 4.29. The van der Waals surface area contributed by atoms with Crippen LogP contribution in [0.1, 0.15) is 16.2 Å². The monoisotopic (exact) mass is 431 g/mol. The Kier molecular flexibility index (Phi) is 6.34. The van der Waals surface area contributed by atoms with Gasteiger partial charge in [0.25, 0.3) is 5.91 Å². The van der Waals surface area contributed by atoms with Crippen molar-refractivity contribution in [3.63, 3.8) is 0 Å². The van der Waals surface area contributed by atoms with Gasteiger partial charge in [0.1, 0.15) is 28.7 Å². The molecule has 3 aromatic rings. The van der Waals surface area contributed by atoms with Gasteiger partial charge in [-0.15, -0.1) is 0 Å². The molecule has 2 aromatic heterocycles. The Morgan fingerprint density at radius 1 is 0.968 bits per heavy atom. The van der Waals surface area contributed by atoms with Gasteiger partial charge >= 0.3 is 12.2 Å². The number of urea groups is 1. The highest BCUT2D eigenvalue weighted by atomic mass is 19.4. The molecule has 0 aliphatic carbocycles. The van der Waals surface area contributed by atoms with Gasteiger partial charge < -0.3 is 15.4 Å². The summed E-state index contributed by atoms with van der Waals surface area (Å²) >= 11 is 0. The van der Waals surface area contributed by atoms with Crippen molar-refractivity contribution < 1.29 is 27.5 Å². The number of amides is 3. The third-order valence-electron chi connectivity index (χ3n) is 3.82. The second kappa shape index (κ2) is 9.11. The summed E-state index contributed by atoms with van der Waals surface area (Å²) in [7, 11) is 1.49. The first kappa shape index (κ1) is 21.6. The van der Waals surface area contributed by atoms with Gasteiger partial charge in [-0.3, -0.25) is 15.1 Å². The van der Waals surface area contributed by atoms with Gasteiger partial charge in [-0.1, -0.05) is 6.07 Å². The first-order valence-corrected chi connectivity index (χ1v) is 8.83. The zero-order valence-corrected chi connectivity index (χ0v) is 16.0. The van der Waals surface area contributed by atoms with Crippen molar-refractivity contribution in [2.75, 3.05) is 17.7 Å². The van der Waals surface area contributed by atoms with E-state index in [-0.39, 0.29) is 17.4 Å². The number of pyridine rings is 2. The molecule has 0 fully saturated rings. The lowest BCUT2D eigenvalue weighted by Gasteiger charge is -2.11. The van der Waals surface area contributed by atoms with Gasteiger partial charge in [-0.05, 0) is 42.5 Å². The van der Waals surface area contributed by atoms with E-state index in [2.05, 4.69) is 25.9 Å². The van der Waals surface area contributed by atoms with Gasteiger partial charge in [0, 0.05) is 25.0 Å². The molecule has 8 nitrogen and oxygen atoms in total. The van der Waals surface area contributed by atoms with Crippen LogP contribution in [-0.2, 0) is 6.18 Å². The van der Waals surface area contributed by atoms with Crippen LogP contribution in [0.2, 0.25) is 0 Å². The van der Waals surface area contributed by atoms with Crippen molar-refractivity contribution in [1.82, 2.24) is 15.3 Å². The van der Waals surface area contributed by atoms with Crippen LogP contribution in [0, 0.1) is 0 Å². The molecule has 0 aliphatic heterocycles. The maximum absolute atomic E-state index is 12.7. The summed E-state index contributed by atoms with van der Waals surface area (Å²) in [6, 6.07) is 11.7. The van der Waals surface area contributed by atoms with Gasteiger partial charge in [0.15, 0.2) is 0 Å². The molecule has 0 saturated heterocycles. The summed E-state index contributed by atoms with van der Waals surface area (Å²) in [4.78, 5) is 31.0. The Balaban J connectivity index is 1.61. The normalized spacial score (nSPS) is 10.8. The lowest BCUT2D eigenvalue weighted by molar-refractivity contribution is -0.141. The van der Waals surface area contributed by atoms with E-state index >= 15 is 0 Å². The van der Waals surface area contributed by atoms with Crippen molar-refractivity contribution >= 4 is 23.4 Å². The van der Waals surface area contributed by atoms with Crippen LogP contribution in [0.15, 0.2) is 60.8 Å². The number of hydrogen-bond donors (Lipinski definition) is 3. The summed E-state index contributed by atoms with van der Waals surface area (Å²) < 4.78 is 43.7. The third kappa shape index (κ3) is 5.92. The van der Waals surface area contributed by atoms with Crippen LogP contribution >= 0.6 is 0 Å². The molecule has 0 atom stereocenters. The quantitative estimate of drug-likeness (QED) is 0.559. The van der Waals surface area contributed by atoms with Crippen molar-refractivity contribution in [3.05, 3.63) is 72.2 Å². The molecule has 160 valence electrons. The van der Waals surface area contributed by atoms with Crippen molar-refractivity contribution in [2.24, 2.45) is 0 Å². The average molecular weight is 431 g/mol. The summed E-state index contributed by atoms with van der Waals surface area (Å²) in [6.45, 7) is 0. The Labute approximate surface area is 174 Å². The van der Waals surface area contributed by atoms with Gasteiger partial charge in [-0.25, -0.2) is 9.78 Å². The number of anilines is 2. The molecule has 31 heavy (non-hydrogen) atoms. The highest BCUT2D eigenvalue weighted by Gasteiger charge is 2.32. The number of benzene rings is 1. The highest BCUT2D eigenvalue weighted by Crippen LogP contribution is 2.28. The summed E-state index contributed by atoms with van der Waals surface area (Å²) in [5, 5.41) is 7.19. The van der Waals surface area contributed by atoms with Gasteiger partial charge in [-0.2, -0.15) is 13.2 Å². The van der Waals surface area contributed by atoms with Gasteiger partial charge in [0.05, 0.1) is 0 Å². The van der Waals surface area contributed by atoms with E-state index in [1.807, 2.05) is 0 Å². The zero-order valence-electron chi connectivity index (χ0n) is 16.0. The van der Waals surface area contributed by atoms with E-state index in [1.165, 1.54) is 37.5 Å². The Bertz CT molecular complexity index is 1090. The molecule has 0 radical (unpaired) electrons. The van der Waals surface area contributed by atoms with E-state index in [4.69, 9.17) is 4.74 Å². The second-order valence-corrected chi connectivity index (χ2v) is 6.07. The van der Waals surface area contributed by atoms with Crippen LogP contribution in [0.25, 0.3) is 0 Å². The summed E-state index contributed by atoms with van der Waals surface area (Å²) in [5.74, 6) is 0.227. The molecule has 1 aromatic carbocycles. The number of aromatic nitrogens is 2. The fourth-order valence-electron chi connectivity index (χ4n) is 2.41.